The van der Waals surface area contributed by atoms with Gasteiger partial charge in [-0.05, 0) is 43.0 Å². The molecule has 0 radical (unpaired) electrons. The van der Waals surface area contributed by atoms with Crippen LogP contribution in [0.4, 0.5) is 5.69 Å². The van der Waals surface area contributed by atoms with E-state index in [0.717, 1.165) is 48.9 Å². The molecule has 0 spiro atoms. The number of methoxy groups -OCH3 is 1. The normalized spacial score (nSPS) is 26.7. The Morgan fingerprint density at radius 2 is 2.27 bits per heavy atom. The fraction of sp³-hybridized carbons (Fsp3) is 0.571. The number of esters is 1. The fourth-order valence-electron chi connectivity index (χ4n) is 5.10. The molecule has 3 aliphatic heterocycles. The maximum Gasteiger partial charge on any atom is 0.305 e. The summed E-state index contributed by atoms with van der Waals surface area (Å²) < 4.78 is 8.60. The molecule has 2 unspecified atom stereocenters. The molecule has 1 aromatic rings. The molecule has 4 rings (SSSR count). The number of rotatable bonds is 4. The van der Waals surface area contributed by atoms with E-state index in [2.05, 4.69) is 45.6 Å². The Morgan fingerprint density at radius 1 is 1.42 bits per heavy atom. The summed E-state index contributed by atoms with van der Waals surface area (Å²) in [5.41, 5.74) is 5.19. The van der Waals surface area contributed by atoms with Crippen LogP contribution in [0.25, 0.3) is 0 Å². The summed E-state index contributed by atoms with van der Waals surface area (Å²) in [7, 11) is 1.48. The number of hydrogen-bond acceptors (Lipinski definition) is 3. The van der Waals surface area contributed by atoms with Crippen molar-refractivity contribution in [3.63, 3.8) is 0 Å². The highest BCUT2D eigenvalue weighted by molar-refractivity contribution is 9.10. The van der Waals surface area contributed by atoms with Crippen LogP contribution >= 0.6 is 15.9 Å². The number of carbonyl (C=O) groups is 1. The van der Waals surface area contributed by atoms with Crippen LogP contribution in [0.2, 0.25) is 0 Å². The summed E-state index contributed by atoms with van der Waals surface area (Å²) in [5.74, 6) is 0.291. The number of nitrogens with zero attached hydrogens (tertiary/aromatic N) is 2. The van der Waals surface area contributed by atoms with Gasteiger partial charge in [0.15, 0.2) is 0 Å². The van der Waals surface area contributed by atoms with Gasteiger partial charge in [-0.1, -0.05) is 22.9 Å². The van der Waals surface area contributed by atoms with Crippen molar-refractivity contribution < 1.29 is 14.1 Å². The molecule has 0 saturated carbocycles. The maximum atomic E-state index is 11.8. The van der Waals surface area contributed by atoms with E-state index in [4.69, 9.17) is 9.73 Å². The number of aliphatic imine (C=N–C) groups is 1. The zero-order valence-electron chi connectivity index (χ0n) is 15.6. The fourth-order valence-corrected chi connectivity index (χ4v) is 5.47. The van der Waals surface area contributed by atoms with Gasteiger partial charge in [0.25, 0.3) is 0 Å². The van der Waals surface area contributed by atoms with Crippen LogP contribution in [0.3, 0.4) is 0 Å². The van der Waals surface area contributed by atoms with Gasteiger partial charge in [0, 0.05) is 29.7 Å². The van der Waals surface area contributed by atoms with Crippen LogP contribution in [0, 0.1) is 5.41 Å². The van der Waals surface area contributed by atoms with Gasteiger partial charge >= 0.3 is 5.97 Å². The highest BCUT2D eigenvalue weighted by atomic mass is 79.9. The van der Waals surface area contributed by atoms with E-state index >= 15 is 0 Å². The summed E-state index contributed by atoms with van der Waals surface area (Å²) in [6, 6.07) is 6.44. The predicted octanol–water partition coefficient (Wildman–Crippen LogP) is 4.62. The number of halogens is 1. The second kappa shape index (κ2) is 6.91. The molecular weight excluding hydrogens is 392 g/mol. The van der Waals surface area contributed by atoms with E-state index < -0.39 is 0 Å². The van der Waals surface area contributed by atoms with Crippen molar-refractivity contribution in [1.29, 1.82) is 0 Å². The van der Waals surface area contributed by atoms with Gasteiger partial charge in [0.2, 0.25) is 5.71 Å². The number of hydrogen-bond donors (Lipinski definition) is 0. The third kappa shape index (κ3) is 2.84. The van der Waals surface area contributed by atoms with Crippen molar-refractivity contribution >= 4 is 39.0 Å². The van der Waals surface area contributed by atoms with Gasteiger partial charge in [0.1, 0.15) is 18.8 Å². The SMILES string of the molecule is CCC1(CCC(=O)OC)CCC[N+]2=C1C1=Nc3ccc(Br)cc3C1CC2. The first kappa shape index (κ1) is 17.9. The summed E-state index contributed by atoms with van der Waals surface area (Å²) in [6.07, 6.45) is 5.84. The lowest BCUT2D eigenvalue weighted by Crippen LogP contribution is -2.51. The van der Waals surface area contributed by atoms with Gasteiger partial charge in [-0.25, -0.2) is 9.57 Å². The van der Waals surface area contributed by atoms with E-state index in [1.165, 1.54) is 30.5 Å². The predicted molar refractivity (Wildman–Crippen MR) is 107 cm³/mol. The molecule has 2 atom stereocenters. The lowest BCUT2D eigenvalue weighted by atomic mass is 9.66. The van der Waals surface area contributed by atoms with Crippen LogP contribution in [0.5, 0.6) is 0 Å². The van der Waals surface area contributed by atoms with E-state index in [-0.39, 0.29) is 11.4 Å². The molecule has 4 nitrogen and oxygen atoms in total. The molecule has 0 saturated heterocycles. The molecule has 26 heavy (non-hydrogen) atoms. The summed E-state index contributed by atoms with van der Waals surface area (Å²) in [4.78, 5) is 16.9. The zero-order chi connectivity index (χ0) is 18.3. The molecule has 0 bridgehead atoms. The quantitative estimate of drug-likeness (QED) is 0.529. The molecule has 0 aromatic heterocycles. The van der Waals surface area contributed by atoms with Crippen molar-refractivity contribution in [1.82, 2.24) is 0 Å². The molecular formula is C21H26BrN2O2+. The Balaban J connectivity index is 1.75. The maximum absolute atomic E-state index is 11.8. The summed E-state index contributed by atoms with van der Waals surface area (Å²) in [5, 5.41) is 0. The van der Waals surface area contributed by atoms with Gasteiger partial charge in [-0.3, -0.25) is 4.79 Å². The number of benzene rings is 1. The van der Waals surface area contributed by atoms with E-state index in [9.17, 15) is 4.79 Å². The van der Waals surface area contributed by atoms with E-state index in [1.807, 2.05) is 0 Å². The van der Waals surface area contributed by atoms with E-state index in [1.54, 1.807) is 0 Å². The second-order valence-electron chi connectivity index (χ2n) is 7.69. The van der Waals surface area contributed by atoms with Gasteiger partial charge in [-0.2, -0.15) is 0 Å². The van der Waals surface area contributed by atoms with Gasteiger partial charge < -0.3 is 4.74 Å². The number of carbonyl (C=O) groups excluding carboxylic acids is 1. The number of ether oxygens (including phenoxy) is 1. The van der Waals surface area contributed by atoms with Crippen molar-refractivity contribution in [2.24, 2.45) is 10.4 Å². The molecule has 3 heterocycles. The second-order valence-corrected chi connectivity index (χ2v) is 8.61. The third-order valence-corrected chi connectivity index (χ3v) is 6.97. The van der Waals surface area contributed by atoms with Gasteiger partial charge in [0.05, 0.1) is 18.2 Å². The summed E-state index contributed by atoms with van der Waals surface area (Å²) in [6.45, 7) is 4.46. The standard InChI is InChI=1S/C21H26BrN2O2/c1-3-21(10-7-18(25)26-2)9-4-11-24-12-8-15-16-13-14(22)5-6-17(16)23-19(15)20(21)24/h5-6,13,15H,3-4,7-12H2,1-2H3/q+1. The molecule has 5 heteroatoms. The third-order valence-electron chi connectivity index (χ3n) is 6.48. The summed E-state index contributed by atoms with van der Waals surface area (Å²) >= 11 is 3.62. The van der Waals surface area contributed by atoms with Crippen LogP contribution < -0.4 is 0 Å². The largest absolute Gasteiger partial charge is 0.469 e. The molecule has 0 fully saturated rings. The molecule has 0 N–H and O–H groups in total. The van der Waals surface area contributed by atoms with Crippen molar-refractivity contribution in [2.45, 2.75) is 51.4 Å². The average Bonchev–Trinajstić information content (AvgIpc) is 3.03. The molecule has 1 aromatic carbocycles. The van der Waals surface area contributed by atoms with Crippen LogP contribution in [0.15, 0.2) is 27.7 Å². The minimum atomic E-state index is -0.108. The number of fused-ring (bicyclic) bond motifs is 4. The Bertz CT molecular complexity index is 814. The monoisotopic (exact) mass is 417 g/mol. The molecule has 3 aliphatic rings. The zero-order valence-corrected chi connectivity index (χ0v) is 17.1. The van der Waals surface area contributed by atoms with Crippen LogP contribution in [0.1, 0.15) is 56.9 Å². The highest BCUT2D eigenvalue weighted by Gasteiger charge is 2.51. The van der Waals surface area contributed by atoms with Crippen LogP contribution in [-0.2, 0) is 9.53 Å². The highest BCUT2D eigenvalue weighted by Crippen LogP contribution is 2.47. The molecule has 0 aliphatic carbocycles. The van der Waals surface area contributed by atoms with Gasteiger partial charge in [-0.15, -0.1) is 0 Å². The first-order valence-corrected chi connectivity index (χ1v) is 10.4. The van der Waals surface area contributed by atoms with E-state index in [0.29, 0.717) is 12.3 Å². The minimum Gasteiger partial charge on any atom is -0.469 e. The Morgan fingerprint density at radius 3 is 3.04 bits per heavy atom. The molecule has 0 amide bonds. The molecule has 138 valence electrons. The smallest absolute Gasteiger partial charge is 0.305 e. The van der Waals surface area contributed by atoms with Crippen molar-refractivity contribution in [3.8, 4) is 0 Å². The topological polar surface area (TPSA) is 41.7 Å². The minimum absolute atomic E-state index is 0.0449. The average molecular weight is 418 g/mol. The lowest BCUT2D eigenvalue weighted by Gasteiger charge is -2.38. The Hall–Kier alpha value is -1.49. The van der Waals surface area contributed by atoms with Crippen molar-refractivity contribution in [3.05, 3.63) is 28.2 Å². The lowest BCUT2D eigenvalue weighted by molar-refractivity contribution is -0.538. The van der Waals surface area contributed by atoms with Crippen LogP contribution in [-0.4, -0.2) is 42.2 Å². The Kier molecular flexibility index (Phi) is 4.76. The Labute approximate surface area is 163 Å². The first-order valence-electron chi connectivity index (χ1n) is 9.65. The first-order chi connectivity index (χ1) is 12.6. The van der Waals surface area contributed by atoms with Crippen molar-refractivity contribution in [2.75, 3.05) is 20.2 Å².